The van der Waals surface area contributed by atoms with E-state index in [9.17, 15) is 9.59 Å². The molecular formula is C14H21N3O3. The fourth-order valence-electron chi connectivity index (χ4n) is 1.64. The Labute approximate surface area is 118 Å². The van der Waals surface area contributed by atoms with E-state index < -0.39 is 0 Å². The summed E-state index contributed by atoms with van der Waals surface area (Å²) in [4.78, 5) is 23.1. The third-order valence-corrected chi connectivity index (χ3v) is 2.68. The van der Waals surface area contributed by atoms with Crippen molar-refractivity contribution in [2.75, 3.05) is 30.9 Å². The van der Waals surface area contributed by atoms with E-state index in [0.29, 0.717) is 30.8 Å². The standard InChI is InChI=1S/C14H21N3O3/c1-10-5-6-11(16-13(18)4-3-7-15)8-12(10)17-14(19)9-20-2/h5-6,8H,3-4,7,9,15H2,1-2H3,(H,16,18)(H,17,19). The minimum atomic E-state index is -0.234. The lowest BCUT2D eigenvalue weighted by Gasteiger charge is -2.11. The van der Waals surface area contributed by atoms with Crippen LogP contribution in [0.25, 0.3) is 0 Å². The number of ether oxygens (including phenoxy) is 1. The fraction of sp³-hybridized carbons (Fsp3) is 0.429. The third-order valence-electron chi connectivity index (χ3n) is 2.68. The van der Waals surface area contributed by atoms with Gasteiger partial charge in [-0.25, -0.2) is 0 Å². The summed E-state index contributed by atoms with van der Waals surface area (Å²) in [5.41, 5.74) is 7.57. The molecule has 20 heavy (non-hydrogen) atoms. The van der Waals surface area contributed by atoms with Gasteiger partial charge in [-0.05, 0) is 37.6 Å². The van der Waals surface area contributed by atoms with Crippen molar-refractivity contribution in [1.82, 2.24) is 0 Å². The Hall–Kier alpha value is -1.92. The van der Waals surface area contributed by atoms with Gasteiger partial charge in [0.2, 0.25) is 11.8 Å². The Kier molecular flexibility index (Phi) is 6.69. The average Bonchev–Trinajstić information content (AvgIpc) is 2.40. The number of hydrogen-bond acceptors (Lipinski definition) is 4. The molecule has 0 aliphatic carbocycles. The van der Waals surface area contributed by atoms with Crippen molar-refractivity contribution in [2.24, 2.45) is 5.73 Å². The smallest absolute Gasteiger partial charge is 0.250 e. The Morgan fingerprint density at radius 1 is 1.25 bits per heavy atom. The lowest BCUT2D eigenvalue weighted by atomic mass is 10.1. The molecule has 2 amide bonds. The van der Waals surface area contributed by atoms with Crippen molar-refractivity contribution in [1.29, 1.82) is 0 Å². The van der Waals surface area contributed by atoms with Crippen LogP contribution in [0.3, 0.4) is 0 Å². The van der Waals surface area contributed by atoms with E-state index in [2.05, 4.69) is 10.6 Å². The van der Waals surface area contributed by atoms with Crippen LogP contribution in [0.5, 0.6) is 0 Å². The number of amides is 2. The van der Waals surface area contributed by atoms with Gasteiger partial charge in [0.05, 0.1) is 0 Å². The maximum absolute atomic E-state index is 11.6. The van der Waals surface area contributed by atoms with Crippen molar-refractivity contribution < 1.29 is 14.3 Å². The van der Waals surface area contributed by atoms with Crippen LogP contribution in [0.1, 0.15) is 18.4 Å². The summed E-state index contributed by atoms with van der Waals surface area (Å²) >= 11 is 0. The van der Waals surface area contributed by atoms with E-state index in [1.165, 1.54) is 7.11 Å². The topological polar surface area (TPSA) is 93.5 Å². The first-order valence-corrected chi connectivity index (χ1v) is 6.46. The van der Waals surface area contributed by atoms with Crippen LogP contribution in [0.2, 0.25) is 0 Å². The number of rotatable bonds is 7. The second kappa shape index (κ2) is 8.29. The largest absolute Gasteiger partial charge is 0.375 e. The van der Waals surface area contributed by atoms with E-state index in [1.807, 2.05) is 13.0 Å². The fourth-order valence-corrected chi connectivity index (χ4v) is 1.64. The molecule has 0 fully saturated rings. The minimum absolute atomic E-state index is 0.00741. The Balaban J connectivity index is 2.70. The van der Waals surface area contributed by atoms with Crippen LogP contribution >= 0.6 is 0 Å². The number of nitrogens with one attached hydrogen (secondary N) is 2. The number of methoxy groups -OCH3 is 1. The highest BCUT2D eigenvalue weighted by Gasteiger charge is 2.07. The predicted molar refractivity (Wildman–Crippen MR) is 78.6 cm³/mol. The monoisotopic (exact) mass is 279 g/mol. The molecule has 0 saturated heterocycles. The average molecular weight is 279 g/mol. The van der Waals surface area contributed by atoms with Gasteiger partial charge in [0.15, 0.2) is 0 Å². The Morgan fingerprint density at radius 2 is 2.00 bits per heavy atom. The van der Waals surface area contributed by atoms with Gasteiger partial charge >= 0.3 is 0 Å². The molecule has 0 radical (unpaired) electrons. The third kappa shape index (κ3) is 5.38. The molecule has 4 N–H and O–H groups in total. The molecule has 0 atom stereocenters. The van der Waals surface area contributed by atoms with Crippen molar-refractivity contribution in [3.63, 3.8) is 0 Å². The number of benzene rings is 1. The van der Waals surface area contributed by atoms with E-state index in [4.69, 9.17) is 10.5 Å². The van der Waals surface area contributed by atoms with Gasteiger partial charge in [-0.15, -0.1) is 0 Å². The molecule has 0 aliphatic rings. The van der Waals surface area contributed by atoms with Crippen molar-refractivity contribution in [3.05, 3.63) is 23.8 Å². The highest BCUT2D eigenvalue weighted by Crippen LogP contribution is 2.20. The van der Waals surface area contributed by atoms with E-state index in [0.717, 1.165) is 5.56 Å². The molecule has 0 unspecified atom stereocenters. The van der Waals surface area contributed by atoms with Gasteiger partial charge in [0.1, 0.15) is 6.61 Å². The van der Waals surface area contributed by atoms with Crippen molar-refractivity contribution in [3.8, 4) is 0 Å². The Bertz CT molecular complexity index is 475. The first-order valence-electron chi connectivity index (χ1n) is 6.46. The summed E-state index contributed by atoms with van der Waals surface area (Å²) in [5.74, 6) is -0.323. The maximum Gasteiger partial charge on any atom is 0.250 e. The molecule has 1 aromatic carbocycles. The summed E-state index contributed by atoms with van der Waals surface area (Å²) in [6, 6.07) is 5.35. The maximum atomic E-state index is 11.6. The molecule has 110 valence electrons. The molecule has 0 spiro atoms. The van der Waals surface area contributed by atoms with E-state index in [1.54, 1.807) is 12.1 Å². The normalized spacial score (nSPS) is 10.2. The summed E-state index contributed by atoms with van der Waals surface area (Å²) in [7, 11) is 1.46. The second-order valence-corrected chi connectivity index (χ2v) is 4.45. The highest BCUT2D eigenvalue weighted by molar-refractivity contribution is 5.95. The molecular weight excluding hydrogens is 258 g/mol. The Morgan fingerprint density at radius 3 is 2.65 bits per heavy atom. The minimum Gasteiger partial charge on any atom is -0.375 e. The number of anilines is 2. The van der Waals surface area contributed by atoms with Crippen LogP contribution in [0.15, 0.2) is 18.2 Å². The molecule has 6 nitrogen and oxygen atoms in total. The van der Waals surface area contributed by atoms with Gasteiger partial charge in [-0.1, -0.05) is 6.07 Å². The molecule has 1 rings (SSSR count). The van der Waals surface area contributed by atoms with Crippen LogP contribution in [-0.4, -0.2) is 32.1 Å². The summed E-state index contributed by atoms with van der Waals surface area (Å²) in [5, 5.41) is 5.51. The quantitative estimate of drug-likeness (QED) is 0.700. The molecule has 0 bridgehead atoms. The van der Waals surface area contributed by atoms with Gasteiger partial charge < -0.3 is 21.1 Å². The van der Waals surface area contributed by atoms with E-state index in [-0.39, 0.29) is 18.4 Å². The number of carbonyl (C=O) groups excluding carboxylic acids is 2. The molecule has 0 saturated carbocycles. The van der Waals surface area contributed by atoms with Gasteiger partial charge in [-0.3, -0.25) is 9.59 Å². The SMILES string of the molecule is COCC(=O)Nc1cc(NC(=O)CCCN)ccc1C. The van der Waals surface area contributed by atoms with Crippen LogP contribution < -0.4 is 16.4 Å². The zero-order valence-electron chi connectivity index (χ0n) is 11.9. The molecule has 6 heteroatoms. The zero-order valence-corrected chi connectivity index (χ0v) is 11.9. The molecule has 0 aromatic heterocycles. The number of nitrogens with two attached hydrogens (primary N) is 1. The molecule has 0 heterocycles. The number of aryl methyl sites for hydroxylation is 1. The zero-order chi connectivity index (χ0) is 15.0. The van der Waals surface area contributed by atoms with Crippen LogP contribution in [0, 0.1) is 6.92 Å². The van der Waals surface area contributed by atoms with Crippen LogP contribution in [-0.2, 0) is 14.3 Å². The lowest BCUT2D eigenvalue weighted by molar-refractivity contribution is -0.119. The van der Waals surface area contributed by atoms with Crippen molar-refractivity contribution >= 4 is 23.2 Å². The van der Waals surface area contributed by atoms with Gasteiger partial charge in [0, 0.05) is 24.9 Å². The lowest BCUT2D eigenvalue weighted by Crippen LogP contribution is -2.18. The summed E-state index contributed by atoms with van der Waals surface area (Å²) in [6.07, 6.45) is 1.03. The highest BCUT2D eigenvalue weighted by atomic mass is 16.5. The number of carbonyl (C=O) groups is 2. The van der Waals surface area contributed by atoms with Gasteiger partial charge in [-0.2, -0.15) is 0 Å². The summed E-state index contributed by atoms with van der Waals surface area (Å²) < 4.78 is 4.76. The summed E-state index contributed by atoms with van der Waals surface area (Å²) in [6.45, 7) is 2.36. The van der Waals surface area contributed by atoms with E-state index >= 15 is 0 Å². The second-order valence-electron chi connectivity index (χ2n) is 4.45. The predicted octanol–water partition coefficient (Wildman–Crippen LogP) is 1.26. The first kappa shape index (κ1) is 16.1. The first-order chi connectivity index (χ1) is 9.56. The number of hydrogen-bond donors (Lipinski definition) is 3. The molecule has 1 aromatic rings. The van der Waals surface area contributed by atoms with Crippen LogP contribution in [0.4, 0.5) is 11.4 Å². The molecule has 0 aliphatic heterocycles. The van der Waals surface area contributed by atoms with Gasteiger partial charge in [0.25, 0.3) is 0 Å². The van der Waals surface area contributed by atoms with Crippen molar-refractivity contribution in [2.45, 2.75) is 19.8 Å².